The number of benzene rings is 1. The fourth-order valence-electron chi connectivity index (χ4n) is 1.90. The number of nitrogen functional groups attached to an aromatic ring is 1. The minimum Gasteiger partial charge on any atom is -0.393 e. The van der Waals surface area contributed by atoms with E-state index in [1.165, 1.54) is 18.2 Å². The number of nitro groups is 1. The molecule has 6 nitrogen and oxygen atoms in total. The van der Waals surface area contributed by atoms with Gasteiger partial charge in [-0.1, -0.05) is 26.3 Å². The Morgan fingerprint density at radius 3 is 2.68 bits per heavy atom. The van der Waals surface area contributed by atoms with Gasteiger partial charge in [0, 0.05) is 12.1 Å². The summed E-state index contributed by atoms with van der Waals surface area (Å²) in [6, 6.07) is 4.31. The Morgan fingerprint density at radius 1 is 1.47 bits per heavy atom. The van der Waals surface area contributed by atoms with Crippen LogP contribution in [0.3, 0.4) is 0 Å². The fourth-order valence-corrected chi connectivity index (χ4v) is 1.90. The molecule has 0 bridgehead atoms. The lowest BCUT2D eigenvalue weighted by Crippen LogP contribution is -2.34. The molecule has 0 heterocycles. The first-order valence-electron chi connectivity index (χ1n) is 6.34. The van der Waals surface area contributed by atoms with Crippen molar-refractivity contribution in [3.05, 3.63) is 33.9 Å². The largest absolute Gasteiger partial charge is 0.393 e. The predicted octanol–water partition coefficient (Wildman–Crippen LogP) is 2.49. The van der Waals surface area contributed by atoms with Crippen LogP contribution in [0.5, 0.6) is 0 Å². The average molecular weight is 265 g/mol. The van der Waals surface area contributed by atoms with Gasteiger partial charge in [-0.05, 0) is 18.9 Å². The molecule has 1 unspecified atom stereocenters. The van der Waals surface area contributed by atoms with Crippen LogP contribution in [-0.2, 0) is 0 Å². The van der Waals surface area contributed by atoms with Crippen molar-refractivity contribution < 1.29 is 9.72 Å². The summed E-state index contributed by atoms with van der Waals surface area (Å²) in [6.45, 7) is 4.02. The Labute approximate surface area is 112 Å². The highest BCUT2D eigenvalue weighted by atomic mass is 16.6. The molecule has 0 aromatic heterocycles. The number of carbonyl (C=O) groups is 1. The van der Waals surface area contributed by atoms with Crippen molar-refractivity contribution in [1.29, 1.82) is 0 Å². The number of hydrogen-bond donors (Lipinski definition) is 2. The van der Waals surface area contributed by atoms with Gasteiger partial charge in [-0.2, -0.15) is 0 Å². The van der Waals surface area contributed by atoms with Crippen LogP contribution in [0, 0.1) is 10.1 Å². The Bertz CT molecular complexity index is 474. The summed E-state index contributed by atoms with van der Waals surface area (Å²) in [7, 11) is 0. The highest BCUT2D eigenvalue weighted by Gasteiger charge is 2.20. The Hall–Kier alpha value is -2.11. The van der Waals surface area contributed by atoms with E-state index in [4.69, 9.17) is 5.73 Å². The van der Waals surface area contributed by atoms with Crippen molar-refractivity contribution >= 4 is 17.3 Å². The van der Waals surface area contributed by atoms with Gasteiger partial charge < -0.3 is 11.1 Å². The lowest BCUT2D eigenvalue weighted by atomic mass is 10.1. The van der Waals surface area contributed by atoms with E-state index < -0.39 is 4.92 Å². The van der Waals surface area contributed by atoms with E-state index in [9.17, 15) is 14.9 Å². The number of para-hydroxylation sites is 1. The Balaban J connectivity index is 2.94. The minimum absolute atomic E-state index is 0.0659. The van der Waals surface area contributed by atoms with E-state index >= 15 is 0 Å². The van der Waals surface area contributed by atoms with Crippen molar-refractivity contribution in [2.75, 3.05) is 5.73 Å². The molecule has 0 saturated heterocycles. The summed E-state index contributed by atoms with van der Waals surface area (Å²) < 4.78 is 0. The number of anilines is 1. The molecule has 19 heavy (non-hydrogen) atoms. The van der Waals surface area contributed by atoms with Gasteiger partial charge in [0.2, 0.25) is 0 Å². The number of nitrogens with one attached hydrogen (secondary N) is 1. The molecule has 0 radical (unpaired) electrons. The molecule has 0 aliphatic heterocycles. The second-order valence-corrected chi connectivity index (χ2v) is 4.36. The van der Waals surface area contributed by atoms with E-state index in [-0.39, 0.29) is 28.9 Å². The molecule has 1 atom stereocenters. The van der Waals surface area contributed by atoms with Crippen molar-refractivity contribution in [3.63, 3.8) is 0 Å². The molecule has 6 heteroatoms. The predicted molar refractivity (Wildman–Crippen MR) is 74.0 cm³/mol. The topological polar surface area (TPSA) is 98.3 Å². The number of nitro benzene ring substituents is 1. The smallest absolute Gasteiger partial charge is 0.292 e. The third kappa shape index (κ3) is 3.67. The molecular weight excluding hydrogens is 246 g/mol. The molecule has 0 saturated carbocycles. The standard InChI is InChI=1S/C13H19N3O3/c1-3-6-9(4-2)15-13(17)10-7-5-8-11(12(10)14)16(18)19/h5,7-9H,3-4,6,14H2,1-2H3,(H,15,17). The van der Waals surface area contributed by atoms with Gasteiger partial charge in [0.1, 0.15) is 5.69 Å². The summed E-state index contributed by atoms with van der Waals surface area (Å²) in [5, 5.41) is 13.6. The van der Waals surface area contributed by atoms with E-state index in [1.54, 1.807) is 0 Å². The maximum Gasteiger partial charge on any atom is 0.292 e. The number of rotatable bonds is 6. The van der Waals surface area contributed by atoms with Crippen LogP contribution in [0.25, 0.3) is 0 Å². The highest BCUT2D eigenvalue weighted by molar-refractivity contribution is 6.01. The third-order valence-corrected chi connectivity index (χ3v) is 2.99. The Kier molecular flexibility index (Phi) is 5.29. The quantitative estimate of drug-likeness (QED) is 0.469. The molecule has 0 spiro atoms. The number of carbonyl (C=O) groups excluding carboxylic acids is 1. The number of nitrogens with zero attached hydrogens (tertiary/aromatic N) is 1. The van der Waals surface area contributed by atoms with Crippen LogP contribution in [0.4, 0.5) is 11.4 Å². The molecular formula is C13H19N3O3. The van der Waals surface area contributed by atoms with Gasteiger partial charge in [0.05, 0.1) is 10.5 Å². The first-order valence-corrected chi connectivity index (χ1v) is 6.34. The summed E-state index contributed by atoms with van der Waals surface area (Å²) in [5.41, 5.74) is 5.50. The summed E-state index contributed by atoms with van der Waals surface area (Å²) in [6.07, 6.45) is 2.65. The fraction of sp³-hybridized carbons (Fsp3) is 0.462. The van der Waals surface area contributed by atoms with Gasteiger partial charge in [-0.15, -0.1) is 0 Å². The molecule has 1 rings (SSSR count). The third-order valence-electron chi connectivity index (χ3n) is 2.99. The number of hydrogen-bond acceptors (Lipinski definition) is 4. The van der Waals surface area contributed by atoms with Crippen molar-refractivity contribution in [2.24, 2.45) is 0 Å². The number of amides is 1. The van der Waals surface area contributed by atoms with Crippen LogP contribution in [0.15, 0.2) is 18.2 Å². The van der Waals surface area contributed by atoms with Crippen LogP contribution in [-0.4, -0.2) is 16.9 Å². The Morgan fingerprint density at radius 2 is 2.16 bits per heavy atom. The maximum absolute atomic E-state index is 12.1. The van der Waals surface area contributed by atoms with Gasteiger partial charge >= 0.3 is 0 Å². The molecule has 3 N–H and O–H groups in total. The first-order chi connectivity index (χ1) is 9.01. The first kappa shape index (κ1) is 14.9. The molecule has 0 aliphatic carbocycles. The van der Waals surface area contributed by atoms with E-state index in [2.05, 4.69) is 5.32 Å². The molecule has 1 aromatic rings. The van der Waals surface area contributed by atoms with E-state index in [1.807, 2.05) is 13.8 Å². The summed E-state index contributed by atoms with van der Waals surface area (Å²) >= 11 is 0. The van der Waals surface area contributed by atoms with Crippen LogP contribution >= 0.6 is 0 Å². The monoisotopic (exact) mass is 265 g/mol. The lowest BCUT2D eigenvalue weighted by Gasteiger charge is -2.16. The van der Waals surface area contributed by atoms with Crippen LogP contribution in [0.1, 0.15) is 43.5 Å². The van der Waals surface area contributed by atoms with Crippen molar-refractivity contribution in [3.8, 4) is 0 Å². The van der Waals surface area contributed by atoms with Crippen molar-refractivity contribution in [1.82, 2.24) is 5.32 Å². The van der Waals surface area contributed by atoms with Gasteiger partial charge in [-0.25, -0.2) is 0 Å². The van der Waals surface area contributed by atoms with Crippen molar-refractivity contribution in [2.45, 2.75) is 39.2 Å². The summed E-state index contributed by atoms with van der Waals surface area (Å²) in [5.74, 6) is -0.360. The maximum atomic E-state index is 12.1. The van der Waals surface area contributed by atoms with Crippen LogP contribution in [0.2, 0.25) is 0 Å². The van der Waals surface area contributed by atoms with Crippen LogP contribution < -0.4 is 11.1 Å². The second kappa shape index (κ2) is 6.72. The SMILES string of the molecule is CCCC(CC)NC(=O)c1cccc([N+](=O)[O-])c1N. The zero-order valence-electron chi connectivity index (χ0n) is 11.2. The van der Waals surface area contributed by atoms with Gasteiger partial charge in [0.15, 0.2) is 0 Å². The lowest BCUT2D eigenvalue weighted by molar-refractivity contribution is -0.383. The highest BCUT2D eigenvalue weighted by Crippen LogP contribution is 2.24. The summed E-state index contributed by atoms with van der Waals surface area (Å²) in [4.78, 5) is 22.3. The molecule has 1 aromatic carbocycles. The minimum atomic E-state index is -0.588. The average Bonchev–Trinajstić information content (AvgIpc) is 2.37. The zero-order valence-corrected chi connectivity index (χ0v) is 11.2. The van der Waals surface area contributed by atoms with E-state index in [0.29, 0.717) is 0 Å². The van der Waals surface area contributed by atoms with E-state index in [0.717, 1.165) is 19.3 Å². The molecule has 0 fully saturated rings. The molecule has 1 amide bonds. The molecule has 104 valence electrons. The normalized spacial score (nSPS) is 11.9. The number of nitrogens with two attached hydrogens (primary N) is 1. The second-order valence-electron chi connectivity index (χ2n) is 4.36. The van der Waals surface area contributed by atoms with Gasteiger partial charge in [-0.3, -0.25) is 14.9 Å². The van der Waals surface area contributed by atoms with Gasteiger partial charge in [0.25, 0.3) is 11.6 Å². The zero-order chi connectivity index (χ0) is 14.4. The molecule has 0 aliphatic rings.